The Kier molecular flexibility index (Phi) is 7.46. The average Bonchev–Trinajstić information content (AvgIpc) is 3.43. The molecule has 2 atom stereocenters. The molecule has 1 aliphatic rings. The Hall–Kier alpha value is -3.87. The van der Waals surface area contributed by atoms with E-state index in [9.17, 15) is 5.11 Å². The van der Waals surface area contributed by atoms with Gasteiger partial charge in [0.15, 0.2) is 5.65 Å². The Balaban J connectivity index is 1.41. The first-order valence-corrected chi connectivity index (χ1v) is 16.8. The second-order valence-corrected chi connectivity index (χ2v) is 16.9. The summed E-state index contributed by atoms with van der Waals surface area (Å²) in [7, 11) is -2.70. The molecule has 0 bridgehead atoms. The fourth-order valence-electron chi connectivity index (χ4n) is 6.83. The van der Waals surface area contributed by atoms with E-state index < -0.39 is 8.32 Å². The summed E-state index contributed by atoms with van der Waals surface area (Å²) in [5, 5.41) is 13.2. The number of hydrogen-bond donors (Lipinski definition) is 1. The molecular weight excluding hydrogens is 535 g/mol. The van der Waals surface area contributed by atoms with E-state index in [2.05, 4.69) is 87.5 Å². The van der Waals surface area contributed by atoms with Gasteiger partial charge in [-0.1, -0.05) is 93.9 Å². The highest BCUT2D eigenvalue weighted by molar-refractivity contribution is 6.99. The Labute approximate surface area is 249 Å². The molecule has 1 saturated carbocycles. The molecule has 2 unspecified atom stereocenters. The van der Waals surface area contributed by atoms with Crippen LogP contribution in [0.4, 0.5) is 0 Å². The summed E-state index contributed by atoms with van der Waals surface area (Å²) in [6.45, 7) is 11.0. The lowest BCUT2D eigenvalue weighted by atomic mass is 10.0. The molecule has 6 heteroatoms. The number of benzene rings is 3. The fraction of sp³-hybridized carbons (Fsp3) is 0.306. The van der Waals surface area contributed by atoms with Gasteiger partial charge >= 0.3 is 0 Å². The molecule has 5 nitrogen and oxygen atoms in total. The minimum absolute atomic E-state index is 0.0228. The van der Waals surface area contributed by atoms with E-state index >= 15 is 0 Å². The summed E-state index contributed by atoms with van der Waals surface area (Å²) in [4.78, 5) is 14.8. The average molecular weight is 574 g/mol. The van der Waals surface area contributed by atoms with Crippen LogP contribution < -0.4 is 10.4 Å². The highest BCUT2D eigenvalue weighted by atomic mass is 28.4. The van der Waals surface area contributed by atoms with Gasteiger partial charge in [0.1, 0.15) is 11.3 Å². The first kappa shape index (κ1) is 28.3. The van der Waals surface area contributed by atoms with Crippen molar-refractivity contribution in [2.45, 2.75) is 70.9 Å². The van der Waals surface area contributed by atoms with Crippen molar-refractivity contribution >= 4 is 29.9 Å². The van der Waals surface area contributed by atoms with Crippen LogP contribution in [0.5, 0.6) is 5.75 Å². The van der Waals surface area contributed by atoms with Crippen molar-refractivity contribution in [3.63, 3.8) is 0 Å². The molecular formula is C36H39N3O2Si. The number of phenolic OH excluding ortho intramolecular Hbond substituents is 1. The first-order chi connectivity index (χ1) is 20.2. The Morgan fingerprint density at radius 2 is 1.50 bits per heavy atom. The number of nitrogens with zero attached hydrogens (tertiary/aromatic N) is 3. The first-order valence-electron chi connectivity index (χ1n) is 14.9. The number of fused-ring (bicyclic) bond motifs is 1. The van der Waals surface area contributed by atoms with Crippen molar-refractivity contribution in [1.82, 2.24) is 15.0 Å². The van der Waals surface area contributed by atoms with Gasteiger partial charge in [-0.15, -0.1) is 0 Å². The van der Waals surface area contributed by atoms with Gasteiger partial charge in [-0.25, -0.2) is 9.97 Å². The molecule has 2 heterocycles. The van der Waals surface area contributed by atoms with Gasteiger partial charge in [-0.3, -0.25) is 4.98 Å². The van der Waals surface area contributed by atoms with Gasteiger partial charge in [0, 0.05) is 17.7 Å². The van der Waals surface area contributed by atoms with Crippen LogP contribution in [-0.4, -0.2) is 34.5 Å². The topological polar surface area (TPSA) is 68.1 Å². The Morgan fingerprint density at radius 3 is 2.12 bits per heavy atom. The molecule has 1 N–H and O–H groups in total. The Bertz CT molecular complexity index is 1650. The summed E-state index contributed by atoms with van der Waals surface area (Å²) in [6, 6.07) is 29.4. The van der Waals surface area contributed by atoms with Crippen LogP contribution >= 0.6 is 0 Å². The van der Waals surface area contributed by atoms with E-state index in [4.69, 9.17) is 19.4 Å². The number of hydrogen-bond acceptors (Lipinski definition) is 5. The lowest BCUT2D eigenvalue weighted by Gasteiger charge is -2.45. The van der Waals surface area contributed by atoms with E-state index in [1.807, 2.05) is 32.2 Å². The lowest BCUT2D eigenvalue weighted by molar-refractivity contribution is 0.175. The monoisotopic (exact) mass is 573 g/mol. The van der Waals surface area contributed by atoms with Gasteiger partial charge < -0.3 is 9.53 Å². The van der Waals surface area contributed by atoms with Gasteiger partial charge in [0.25, 0.3) is 8.32 Å². The van der Waals surface area contributed by atoms with E-state index in [1.54, 1.807) is 6.07 Å². The SMILES string of the molecule is Cc1cc(C)c(-c2ccc3ncc(C4CCCC4O[Si](c4ccccc4)(c4ccccc4)C(C)(C)C)nc3n2)c(O)c1. The van der Waals surface area contributed by atoms with Crippen molar-refractivity contribution in [2.75, 3.05) is 0 Å². The third-order valence-corrected chi connectivity index (χ3v) is 13.8. The van der Waals surface area contributed by atoms with Crippen LogP contribution in [0.15, 0.2) is 91.1 Å². The van der Waals surface area contributed by atoms with Gasteiger partial charge in [0.2, 0.25) is 0 Å². The molecule has 0 spiro atoms. The quantitative estimate of drug-likeness (QED) is 0.217. The van der Waals surface area contributed by atoms with Crippen LogP contribution in [0.1, 0.15) is 62.8 Å². The zero-order valence-corrected chi connectivity index (χ0v) is 26.1. The summed E-state index contributed by atoms with van der Waals surface area (Å²) >= 11 is 0. The molecule has 3 aromatic carbocycles. The van der Waals surface area contributed by atoms with Gasteiger partial charge in [-0.05, 0) is 71.4 Å². The minimum Gasteiger partial charge on any atom is -0.507 e. The number of pyridine rings is 1. The Morgan fingerprint density at radius 1 is 0.833 bits per heavy atom. The fourth-order valence-corrected chi connectivity index (χ4v) is 11.6. The third-order valence-electron chi connectivity index (χ3n) is 8.72. The van der Waals surface area contributed by atoms with E-state index in [1.165, 1.54) is 10.4 Å². The third kappa shape index (κ3) is 5.03. The van der Waals surface area contributed by atoms with Crippen LogP contribution in [0.25, 0.3) is 22.4 Å². The standard InChI is InChI=1S/C36H39N3O2Si/c1-24-21-25(2)34(32(40)22-24)29-19-20-30-35(38-29)39-31(23-37-30)28-17-12-18-33(28)41-42(36(3,4)5,26-13-8-6-9-14-26)27-15-10-7-11-16-27/h6-11,13-16,19-23,28,33,40H,12,17-18H2,1-5H3. The normalized spacial score (nSPS) is 17.5. The zero-order valence-electron chi connectivity index (χ0n) is 25.1. The number of aryl methyl sites for hydroxylation is 2. The molecule has 0 amide bonds. The predicted molar refractivity (Wildman–Crippen MR) is 173 cm³/mol. The van der Waals surface area contributed by atoms with E-state index in [0.717, 1.165) is 47.2 Å². The van der Waals surface area contributed by atoms with E-state index in [-0.39, 0.29) is 22.8 Å². The number of aromatic nitrogens is 3. The molecule has 5 aromatic rings. The number of rotatable bonds is 6. The summed E-state index contributed by atoms with van der Waals surface area (Å²) in [5.41, 5.74) is 5.72. The zero-order chi connectivity index (χ0) is 29.5. The molecule has 214 valence electrons. The number of phenols is 1. The maximum atomic E-state index is 10.7. The molecule has 0 radical (unpaired) electrons. The summed E-state index contributed by atoms with van der Waals surface area (Å²) in [6.07, 6.45) is 5.00. The molecule has 0 aliphatic heterocycles. The molecule has 42 heavy (non-hydrogen) atoms. The van der Waals surface area contributed by atoms with Crippen molar-refractivity contribution in [1.29, 1.82) is 0 Å². The van der Waals surface area contributed by atoms with Gasteiger partial charge in [-0.2, -0.15) is 0 Å². The van der Waals surface area contributed by atoms with Crippen LogP contribution in [-0.2, 0) is 4.43 Å². The maximum Gasteiger partial charge on any atom is 0.261 e. The predicted octanol–water partition coefficient (Wildman–Crippen LogP) is 7.23. The second-order valence-electron chi connectivity index (χ2n) is 12.7. The summed E-state index contributed by atoms with van der Waals surface area (Å²) < 4.78 is 7.57. The largest absolute Gasteiger partial charge is 0.507 e. The van der Waals surface area contributed by atoms with Crippen molar-refractivity contribution < 1.29 is 9.53 Å². The van der Waals surface area contributed by atoms with Crippen LogP contribution in [0.3, 0.4) is 0 Å². The van der Waals surface area contributed by atoms with Crippen molar-refractivity contribution in [3.8, 4) is 17.0 Å². The second kappa shape index (κ2) is 11.1. The molecule has 6 rings (SSSR count). The molecule has 1 aliphatic carbocycles. The van der Waals surface area contributed by atoms with E-state index in [0.29, 0.717) is 11.3 Å². The van der Waals surface area contributed by atoms with Crippen LogP contribution in [0, 0.1) is 13.8 Å². The van der Waals surface area contributed by atoms with Gasteiger partial charge in [0.05, 0.1) is 17.5 Å². The van der Waals surface area contributed by atoms with Crippen molar-refractivity contribution in [2.24, 2.45) is 0 Å². The highest BCUT2D eigenvalue weighted by Gasteiger charge is 2.52. The lowest BCUT2D eigenvalue weighted by Crippen LogP contribution is -2.67. The summed E-state index contributed by atoms with van der Waals surface area (Å²) in [5.74, 6) is 0.363. The van der Waals surface area contributed by atoms with Crippen LogP contribution in [0.2, 0.25) is 5.04 Å². The minimum atomic E-state index is -2.70. The molecule has 0 saturated heterocycles. The highest BCUT2D eigenvalue weighted by Crippen LogP contribution is 2.43. The molecule has 1 fully saturated rings. The number of aromatic hydroxyl groups is 1. The smallest absolute Gasteiger partial charge is 0.261 e. The molecule has 2 aromatic heterocycles. The maximum absolute atomic E-state index is 10.7. The van der Waals surface area contributed by atoms with Crippen molar-refractivity contribution in [3.05, 3.63) is 108 Å².